The molecule has 0 atom stereocenters. The summed E-state index contributed by atoms with van der Waals surface area (Å²) < 4.78 is 13.9. The zero-order chi connectivity index (χ0) is 16.5. The number of H-pyrrole nitrogens is 1. The van der Waals surface area contributed by atoms with Gasteiger partial charge in [-0.05, 0) is 36.4 Å². The van der Waals surface area contributed by atoms with E-state index < -0.39 is 0 Å². The Morgan fingerprint density at radius 2 is 2.12 bits per heavy atom. The number of aromatic amines is 1. The number of hydrogen-bond acceptors (Lipinski definition) is 3. The van der Waals surface area contributed by atoms with Gasteiger partial charge in [-0.25, -0.2) is 4.39 Å². The van der Waals surface area contributed by atoms with Crippen molar-refractivity contribution in [3.8, 4) is 10.6 Å². The zero-order valence-corrected chi connectivity index (χ0v) is 13.7. The zero-order valence-electron chi connectivity index (χ0n) is 12.9. The molecule has 2 heterocycles. The third kappa shape index (κ3) is 2.97. The van der Waals surface area contributed by atoms with Gasteiger partial charge in [-0.2, -0.15) is 5.10 Å². The molecule has 6 heteroatoms. The number of rotatable bonds is 5. The molecule has 1 aliphatic carbocycles. The number of halogens is 1. The summed E-state index contributed by atoms with van der Waals surface area (Å²) in [7, 11) is 0. The SMILES string of the molecule is O=C(c1cc(-c2cccs2)[nH]n1)N(Cc1ccccc1F)C1CC1. The van der Waals surface area contributed by atoms with Crippen molar-refractivity contribution in [2.75, 3.05) is 0 Å². The molecule has 1 amide bonds. The predicted octanol–water partition coefficient (Wildman–Crippen LogP) is 4.08. The number of nitrogens with one attached hydrogen (secondary N) is 1. The number of hydrogen-bond donors (Lipinski definition) is 1. The molecule has 1 aliphatic rings. The number of amides is 1. The molecule has 0 spiro atoms. The lowest BCUT2D eigenvalue weighted by molar-refractivity contribution is 0.0722. The van der Waals surface area contributed by atoms with E-state index >= 15 is 0 Å². The minimum atomic E-state index is -0.280. The number of carbonyl (C=O) groups is 1. The Bertz CT molecular complexity index is 855. The maximum atomic E-state index is 13.9. The van der Waals surface area contributed by atoms with E-state index in [2.05, 4.69) is 10.2 Å². The highest BCUT2D eigenvalue weighted by molar-refractivity contribution is 7.13. The highest BCUT2D eigenvalue weighted by atomic mass is 32.1. The summed E-state index contributed by atoms with van der Waals surface area (Å²) >= 11 is 1.59. The molecule has 4 rings (SSSR count). The van der Waals surface area contributed by atoms with E-state index in [-0.39, 0.29) is 24.3 Å². The Morgan fingerprint density at radius 3 is 2.83 bits per heavy atom. The van der Waals surface area contributed by atoms with Gasteiger partial charge in [0.2, 0.25) is 0 Å². The van der Waals surface area contributed by atoms with Gasteiger partial charge < -0.3 is 4.90 Å². The summed E-state index contributed by atoms with van der Waals surface area (Å²) in [4.78, 5) is 15.6. The predicted molar refractivity (Wildman–Crippen MR) is 91.2 cm³/mol. The van der Waals surface area contributed by atoms with Gasteiger partial charge in [-0.1, -0.05) is 24.3 Å². The lowest BCUT2D eigenvalue weighted by atomic mass is 10.2. The lowest BCUT2D eigenvalue weighted by Gasteiger charge is -2.21. The Labute approximate surface area is 142 Å². The minimum absolute atomic E-state index is 0.153. The summed E-state index contributed by atoms with van der Waals surface area (Å²) in [5.41, 5.74) is 1.74. The van der Waals surface area contributed by atoms with Gasteiger partial charge in [-0.3, -0.25) is 9.89 Å². The Hall–Kier alpha value is -2.47. The Kier molecular flexibility index (Phi) is 3.90. The van der Waals surface area contributed by atoms with Gasteiger partial charge >= 0.3 is 0 Å². The second-order valence-corrected chi connectivity index (χ2v) is 6.85. The third-order valence-corrected chi connectivity index (χ3v) is 5.03. The molecule has 0 unspecified atom stereocenters. The van der Waals surface area contributed by atoms with E-state index in [1.807, 2.05) is 17.5 Å². The van der Waals surface area contributed by atoms with Crippen LogP contribution in [-0.4, -0.2) is 27.0 Å². The molecule has 1 fully saturated rings. The van der Waals surface area contributed by atoms with E-state index in [1.54, 1.807) is 40.5 Å². The van der Waals surface area contributed by atoms with Crippen LogP contribution in [0.4, 0.5) is 4.39 Å². The van der Waals surface area contributed by atoms with E-state index in [9.17, 15) is 9.18 Å². The lowest BCUT2D eigenvalue weighted by Crippen LogP contribution is -2.33. The van der Waals surface area contributed by atoms with Crippen LogP contribution in [0.15, 0.2) is 47.8 Å². The van der Waals surface area contributed by atoms with Gasteiger partial charge in [0.05, 0.1) is 10.6 Å². The number of thiophene rings is 1. The van der Waals surface area contributed by atoms with Gasteiger partial charge in [0.1, 0.15) is 5.82 Å². The fourth-order valence-corrected chi connectivity index (χ4v) is 3.39. The van der Waals surface area contributed by atoms with E-state index in [1.165, 1.54) is 6.07 Å². The van der Waals surface area contributed by atoms with Crippen molar-refractivity contribution in [3.63, 3.8) is 0 Å². The van der Waals surface area contributed by atoms with E-state index in [0.29, 0.717) is 11.3 Å². The van der Waals surface area contributed by atoms with Gasteiger partial charge in [0.15, 0.2) is 5.69 Å². The van der Waals surface area contributed by atoms with Crippen molar-refractivity contribution in [1.82, 2.24) is 15.1 Å². The quantitative estimate of drug-likeness (QED) is 0.760. The van der Waals surface area contributed by atoms with Crippen molar-refractivity contribution in [1.29, 1.82) is 0 Å². The first-order valence-electron chi connectivity index (χ1n) is 7.86. The first kappa shape index (κ1) is 15.1. The maximum Gasteiger partial charge on any atom is 0.274 e. The minimum Gasteiger partial charge on any atom is -0.330 e. The van der Waals surface area contributed by atoms with Crippen LogP contribution in [0.2, 0.25) is 0 Å². The molecule has 3 aromatic rings. The second-order valence-electron chi connectivity index (χ2n) is 5.90. The highest BCUT2D eigenvalue weighted by Gasteiger charge is 2.34. The summed E-state index contributed by atoms with van der Waals surface area (Å²) in [6.07, 6.45) is 1.92. The van der Waals surface area contributed by atoms with Crippen LogP contribution in [0, 0.1) is 5.82 Å². The smallest absolute Gasteiger partial charge is 0.274 e. The van der Waals surface area contributed by atoms with Crippen molar-refractivity contribution < 1.29 is 9.18 Å². The van der Waals surface area contributed by atoms with Crippen LogP contribution in [0.3, 0.4) is 0 Å². The molecular weight excluding hydrogens is 325 g/mol. The molecule has 24 heavy (non-hydrogen) atoms. The molecule has 0 radical (unpaired) electrons. The maximum absolute atomic E-state index is 13.9. The van der Waals surface area contributed by atoms with Crippen LogP contribution in [-0.2, 0) is 6.54 Å². The fourth-order valence-electron chi connectivity index (χ4n) is 2.70. The van der Waals surface area contributed by atoms with Crippen LogP contribution in [0.1, 0.15) is 28.9 Å². The average Bonchev–Trinajstić information content (AvgIpc) is 3.09. The standard InChI is InChI=1S/C18H16FN3OS/c19-14-5-2-1-4-12(14)11-22(13-7-8-13)18(23)16-10-15(20-21-16)17-6-3-9-24-17/h1-6,9-10,13H,7-8,11H2,(H,20,21). The number of aromatic nitrogens is 2. The van der Waals surface area contributed by atoms with Crippen LogP contribution < -0.4 is 0 Å². The van der Waals surface area contributed by atoms with Crippen molar-refractivity contribution in [2.45, 2.75) is 25.4 Å². The number of carbonyl (C=O) groups excluding carboxylic acids is 1. The summed E-state index contributed by atoms with van der Waals surface area (Å²) in [5.74, 6) is -0.433. The molecule has 0 saturated heterocycles. The molecule has 0 aliphatic heterocycles. The molecule has 1 aromatic carbocycles. The number of nitrogens with zero attached hydrogens (tertiary/aromatic N) is 2. The van der Waals surface area contributed by atoms with Crippen molar-refractivity contribution >= 4 is 17.2 Å². The van der Waals surface area contributed by atoms with Crippen molar-refractivity contribution in [3.05, 3.63) is 64.9 Å². The van der Waals surface area contributed by atoms with Gasteiger partial charge in [0.25, 0.3) is 5.91 Å². The normalized spacial score (nSPS) is 13.9. The molecular formula is C18H16FN3OS. The summed E-state index contributed by atoms with van der Waals surface area (Å²) in [6.45, 7) is 0.275. The third-order valence-electron chi connectivity index (χ3n) is 4.13. The Morgan fingerprint density at radius 1 is 1.29 bits per heavy atom. The van der Waals surface area contributed by atoms with E-state index in [4.69, 9.17) is 0 Å². The van der Waals surface area contributed by atoms with Crippen molar-refractivity contribution in [2.24, 2.45) is 0 Å². The summed E-state index contributed by atoms with van der Waals surface area (Å²) in [5, 5.41) is 9.06. The monoisotopic (exact) mass is 341 g/mol. The van der Waals surface area contributed by atoms with Crippen LogP contribution in [0.5, 0.6) is 0 Å². The molecule has 2 aromatic heterocycles. The largest absolute Gasteiger partial charge is 0.330 e. The molecule has 0 bridgehead atoms. The first-order valence-corrected chi connectivity index (χ1v) is 8.74. The fraction of sp³-hybridized carbons (Fsp3) is 0.222. The highest BCUT2D eigenvalue weighted by Crippen LogP contribution is 2.31. The van der Waals surface area contributed by atoms with Gasteiger partial charge in [-0.15, -0.1) is 11.3 Å². The molecule has 1 N–H and O–H groups in total. The van der Waals surface area contributed by atoms with Crippen LogP contribution >= 0.6 is 11.3 Å². The topological polar surface area (TPSA) is 49.0 Å². The molecule has 122 valence electrons. The summed E-state index contributed by atoms with van der Waals surface area (Å²) in [6, 6.07) is 12.5. The van der Waals surface area contributed by atoms with E-state index in [0.717, 1.165) is 23.4 Å². The molecule has 1 saturated carbocycles. The van der Waals surface area contributed by atoms with Crippen LogP contribution in [0.25, 0.3) is 10.6 Å². The molecule has 4 nitrogen and oxygen atoms in total. The second kappa shape index (κ2) is 6.20. The Balaban J connectivity index is 1.58. The number of benzene rings is 1. The average molecular weight is 341 g/mol. The van der Waals surface area contributed by atoms with Gasteiger partial charge in [0, 0.05) is 18.2 Å². The first-order chi connectivity index (χ1) is 11.7.